The van der Waals surface area contributed by atoms with Crippen molar-refractivity contribution < 1.29 is 24.1 Å². The number of rotatable bonds is 7. The van der Waals surface area contributed by atoms with Crippen molar-refractivity contribution in [3.63, 3.8) is 0 Å². The lowest BCUT2D eigenvalue weighted by Gasteiger charge is -2.43. The molecule has 0 heterocycles. The van der Waals surface area contributed by atoms with Crippen molar-refractivity contribution in [3.8, 4) is 5.75 Å². The Kier molecular flexibility index (Phi) is 6.13. The first-order valence-electron chi connectivity index (χ1n) is 9.01. The largest absolute Gasteiger partial charge is 0.490 e. The van der Waals surface area contributed by atoms with E-state index in [1.54, 1.807) is 20.3 Å². The molecule has 2 aromatic rings. The molecular weight excluding hydrogens is 382 g/mol. The Morgan fingerprint density at radius 3 is 2.64 bits per heavy atom. The fraction of sp³-hybridized carbons (Fsp3) is 0.381. The molecule has 0 aliphatic heterocycles. The van der Waals surface area contributed by atoms with Gasteiger partial charge in [0, 0.05) is 19.2 Å². The van der Waals surface area contributed by atoms with Crippen molar-refractivity contribution in [2.45, 2.75) is 31.0 Å². The minimum atomic E-state index is -1.04. The summed E-state index contributed by atoms with van der Waals surface area (Å²) in [6.07, 6.45) is 2.15. The molecule has 0 saturated heterocycles. The maximum absolute atomic E-state index is 11.1. The maximum atomic E-state index is 11.1. The van der Waals surface area contributed by atoms with Gasteiger partial charge in [-0.3, -0.25) is 0 Å². The number of carboxylic acids is 1. The molecule has 6 nitrogen and oxygen atoms in total. The number of nitrogens with two attached hydrogens (primary N) is 1. The third-order valence-electron chi connectivity index (χ3n) is 5.29. The van der Waals surface area contributed by atoms with Crippen molar-refractivity contribution in [3.05, 3.63) is 58.1 Å². The molecule has 0 radical (unpaired) electrons. The van der Waals surface area contributed by atoms with Crippen LogP contribution < -0.4 is 10.5 Å². The number of aryl methyl sites for hydroxylation is 1. The summed E-state index contributed by atoms with van der Waals surface area (Å²) in [5.41, 5.74) is 8.08. The summed E-state index contributed by atoms with van der Waals surface area (Å²) in [5, 5.41) is 9.79. The first-order chi connectivity index (χ1) is 13.4. The minimum absolute atomic E-state index is 0.115. The molecule has 0 saturated carbocycles. The lowest BCUT2D eigenvalue weighted by Crippen LogP contribution is -2.49. The SMILES string of the molecule is COC(OC)[C@]1(COc2ccc(C(=O)O)cc2N)CCCc2cc(Cl)ccc21. The smallest absolute Gasteiger partial charge is 0.335 e. The maximum Gasteiger partial charge on any atom is 0.335 e. The van der Waals surface area contributed by atoms with Crippen molar-refractivity contribution >= 4 is 23.3 Å². The van der Waals surface area contributed by atoms with E-state index in [1.165, 1.54) is 12.1 Å². The number of hydrogen-bond acceptors (Lipinski definition) is 5. The zero-order valence-electron chi connectivity index (χ0n) is 15.9. The number of methoxy groups -OCH3 is 2. The van der Waals surface area contributed by atoms with Crippen LogP contribution in [0.15, 0.2) is 36.4 Å². The molecule has 150 valence electrons. The molecular formula is C21H24ClNO5. The standard InChI is InChI=1S/C21H24ClNO5/c1-26-20(27-2)21(9-3-4-13-10-15(22)6-7-16(13)21)12-28-18-8-5-14(19(24)25)11-17(18)23/h5-8,10-11,20H,3-4,9,12,23H2,1-2H3,(H,24,25)/t21-/m0/s1. The van der Waals surface area contributed by atoms with E-state index in [0.29, 0.717) is 10.8 Å². The van der Waals surface area contributed by atoms with Crippen LogP contribution in [0.3, 0.4) is 0 Å². The van der Waals surface area contributed by atoms with Gasteiger partial charge in [0.25, 0.3) is 0 Å². The zero-order valence-corrected chi connectivity index (χ0v) is 16.7. The van der Waals surface area contributed by atoms with Crippen LogP contribution in [0.25, 0.3) is 0 Å². The van der Waals surface area contributed by atoms with E-state index < -0.39 is 17.7 Å². The minimum Gasteiger partial charge on any atom is -0.490 e. The second-order valence-electron chi connectivity index (χ2n) is 6.96. The van der Waals surface area contributed by atoms with Gasteiger partial charge in [0.15, 0.2) is 6.29 Å². The van der Waals surface area contributed by atoms with E-state index in [-0.39, 0.29) is 17.9 Å². The van der Waals surface area contributed by atoms with Crippen LogP contribution in [-0.4, -0.2) is 38.2 Å². The molecule has 28 heavy (non-hydrogen) atoms. The van der Waals surface area contributed by atoms with E-state index in [2.05, 4.69) is 0 Å². The predicted octanol–water partition coefficient (Wildman–Crippen LogP) is 3.89. The van der Waals surface area contributed by atoms with Crippen molar-refractivity contribution in [2.24, 2.45) is 0 Å². The second kappa shape index (κ2) is 8.39. The molecule has 0 spiro atoms. The van der Waals surface area contributed by atoms with Crippen molar-refractivity contribution in [2.75, 3.05) is 26.6 Å². The topological polar surface area (TPSA) is 91.0 Å². The van der Waals surface area contributed by atoms with Crippen LogP contribution in [0.2, 0.25) is 5.02 Å². The van der Waals surface area contributed by atoms with Crippen LogP contribution >= 0.6 is 11.6 Å². The number of aromatic carboxylic acids is 1. The third kappa shape index (κ3) is 3.81. The summed E-state index contributed by atoms with van der Waals surface area (Å²) in [5.74, 6) is -0.608. The average Bonchev–Trinajstić information content (AvgIpc) is 2.67. The Hall–Kier alpha value is -2.28. The van der Waals surface area contributed by atoms with Gasteiger partial charge in [-0.25, -0.2) is 4.79 Å². The third-order valence-corrected chi connectivity index (χ3v) is 5.53. The molecule has 0 unspecified atom stereocenters. The van der Waals surface area contributed by atoms with E-state index in [0.717, 1.165) is 30.4 Å². The van der Waals surface area contributed by atoms with E-state index >= 15 is 0 Å². The van der Waals surface area contributed by atoms with Crippen LogP contribution in [0.1, 0.15) is 34.3 Å². The fourth-order valence-corrected chi connectivity index (χ4v) is 4.21. The van der Waals surface area contributed by atoms with Gasteiger partial charge >= 0.3 is 5.97 Å². The number of hydrogen-bond donors (Lipinski definition) is 2. The van der Waals surface area contributed by atoms with Crippen molar-refractivity contribution in [1.29, 1.82) is 0 Å². The fourth-order valence-electron chi connectivity index (χ4n) is 4.01. The molecule has 2 aromatic carbocycles. The summed E-state index contributed by atoms with van der Waals surface area (Å²) in [4.78, 5) is 11.1. The van der Waals surface area contributed by atoms with Crippen LogP contribution in [0.4, 0.5) is 5.69 Å². The van der Waals surface area contributed by atoms with E-state index in [9.17, 15) is 4.79 Å². The summed E-state index contributed by atoms with van der Waals surface area (Å²) in [6.45, 7) is 0.268. The zero-order chi connectivity index (χ0) is 20.3. The summed E-state index contributed by atoms with van der Waals surface area (Å²) >= 11 is 6.19. The summed E-state index contributed by atoms with van der Waals surface area (Å²) < 4.78 is 17.4. The van der Waals surface area contributed by atoms with Gasteiger partial charge in [0.2, 0.25) is 0 Å². The number of nitrogen functional groups attached to an aromatic ring is 1. The highest BCUT2D eigenvalue weighted by Gasteiger charge is 2.45. The normalized spacial score (nSPS) is 18.7. The first-order valence-corrected chi connectivity index (χ1v) is 9.39. The Morgan fingerprint density at radius 2 is 2.00 bits per heavy atom. The monoisotopic (exact) mass is 405 g/mol. The molecule has 3 rings (SSSR count). The van der Waals surface area contributed by atoms with Crippen LogP contribution in [0, 0.1) is 0 Å². The molecule has 1 aliphatic carbocycles. The van der Waals surface area contributed by atoms with Gasteiger partial charge in [-0.2, -0.15) is 0 Å². The van der Waals surface area contributed by atoms with Gasteiger partial charge in [-0.1, -0.05) is 17.7 Å². The quantitative estimate of drug-likeness (QED) is 0.536. The van der Waals surface area contributed by atoms with Gasteiger partial charge < -0.3 is 25.1 Å². The highest BCUT2D eigenvalue weighted by atomic mass is 35.5. The Balaban J connectivity index is 1.96. The predicted molar refractivity (Wildman–Crippen MR) is 107 cm³/mol. The molecule has 1 atom stereocenters. The summed E-state index contributed by atoms with van der Waals surface area (Å²) in [6, 6.07) is 10.3. The van der Waals surface area contributed by atoms with Gasteiger partial charge in [0.1, 0.15) is 12.4 Å². The number of carbonyl (C=O) groups is 1. The number of halogens is 1. The Morgan fingerprint density at radius 1 is 1.25 bits per heavy atom. The number of fused-ring (bicyclic) bond motifs is 1. The van der Waals surface area contributed by atoms with E-state index in [4.69, 9.17) is 36.7 Å². The number of ether oxygens (including phenoxy) is 3. The van der Waals surface area contributed by atoms with Crippen molar-refractivity contribution in [1.82, 2.24) is 0 Å². The first kappa shape index (κ1) is 20.5. The van der Waals surface area contributed by atoms with Crippen LogP contribution in [0.5, 0.6) is 5.75 Å². The molecule has 0 bridgehead atoms. The molecule has 7 heteroatoms. The molecule has 0 fully saturated rings. The lowest BCUT2D eigenvalue weighted by atomic mass is 9.69. The second-order valence-corrected chi connectivity index (χ2v) is 7.40. The van der Waals surface area contributed by atoms with Gasteiger partial charge in [0.05, 0.1) is 16.7 Å². The molecule has 0 aromatic heterocycles. The van der Waals surface area contributed by atoms with Gasteiger partial charge in [-0.15, -0.1) is 0 Å². The molecule has 1 aliphatic rings. The van der Waals surface area contributed by atoms with E-state index in [1.807, 2.05) is 18.2 Å². The van der Waals surface area contributed by atoms with Gasteiger partial charge in [-0.05, 0) is 60.7 Å². The number of anilines is 1. The summed E-state index contributed by atoms with van der Waals surface area (Å²) in [7, 11) is 3.21. The molecule has 3 N–H and O–H groups in total. The number of benzene rings is 2. The molecule has 0 amide bonds. The number of carboxylic acid groups (broad SMARTS) is 1. The lowest BCUT2D eigenvalue weighted by molar-refractivity contribution is -0.162. The highest BCUT2D eigenvalue weighted by molar-refractivity contribution is 6.30. The average molecular weight is 406 g/mol. The Bertz CT molecular complexity index is 868. The van der Waals surface area contributed by atoms with Crippen LogP contribution in [-0.2, 0) is 21.3 Å². The highest BCUT2D eigenvalue weighted by Crippen LogP contribution is 2.43. The Labute approximate surface area is 169 Å².